The lowest BCUT2D eigenvalue weighted by atomic mass is 9.74. The van der Waals surface area contributed by atoms with Crippen LogP contribution in [0.25, 0.3) is 5.69 Å². The van der Waals surface area contributed by atoms with Crippen LogP contribution in [0.3, 0.4) is 0 Å². The highest BCUT2D eigenvalue weighted by atomic mass is 32.2. The summed E-state index contributed by atoms with van der Waals surface area (Å²) in [4.78, 5) is 0. The number of rotatable bonds is 7. The Hall–Kier alpha value is -1.39. The van der Waals surface area contributed by atoms with Gasteiger partial charge in [-0.1, -0.05) is 19.1 Å². The molecule has 0 saturated heterocycles. The van der Waals surface area contributed by atoms with Crippen molar-refractivity contribution in [3.05, 3.63) is 53.3 Å². The minimum absolute atomic E-state index is 0.185. The molecule has 2 atom stereocenters. The monoisotopic (exact) mass is 400 g/mol. The van der Waals surface area contributed by atoms with Crippen molar-refractivity contribution in [2.24, 2.45) is 11.8 Å². The van der Waals surface area contributed by atoms with Gasteiger partial charge in [-0.25, -0.2) is 8.93 Å². The van der Waals surface area contributed by atoms with E-state index in [0.29, 0.717) is 11.8 Å². The summed E-state index contributed by atoms with van der Waals surface area (Å²) < 4.78 is 17.5. The van der Waals surface area contributed by atoms with Crippen LogP contribution in [0.2, 0.25) is 0 Å². The number of aromatic nitrogens is 1. The van der Waals surface area contributed by atoms with Gasteiger partial charge in [0.05, 0.1) is 11.0 Å². The third kappa shape index (κ3) is 4.96. The van der Waals surface area contributed by atoms with E-state index < -0.39 is 11.0 Å². The van der Waals surface area contributed by atoms with E-state index in [1.807, 2.05) is 13.8 Å². The van der Waals surface area contributed by atoms with Gasteiger partial charge >= 0.3 is 0 Å². The highest BCUT2D eigenvalue weighted by Gasteiger charge is 2.26. The molecule has 2 unspecified atom stereocenters. The topological polar surface area (TPSA) is 34.0 Å². The molecule has 1 aromatic carbocycles. The molecule has 1 heterocycles. The Balaban J connectivity index is 1.54. The van der Waals surface area contributed by atoms with E-state index >= 15 is 0 Å². The second-order valence-corrected chi connectivity index (χ2v) is 10.7. The predicted molar refractivity (Wildman–Crippen MR) is 120 cm³/mol. The van der Waals surface area contributed by atoms with Crippen LogP contribution in [0.15, 0.2) is 36.4 Å². The largest absolute Gasteiger partial charge is 0.319 e. The van der Waals surface area contributed by atoms with Gasteiger partial charge in [0.2, 0.25) is 0 Å². The average molecular weight is 401 g/mol. The Morgan fingerprint density at radius 1 is 0.964 bits per heavy atom. The molecule has 1 N–H and O–H groups in total. The molecule has 1 aromatic heterocycles. The Kier molecular flexibility index (Phi) is 7.16. The SMILES string of the molecule is Cc1ccc(C)n1-c1ccc(C2CCC(C(C)CNS(=O)C(C)C)CC2)cc1. The minimum Gasteiger partial charge on any atom is -0.319 e. The highest BCUT2D eigenvalue weighted by molar-refractivity contribution is 7.83. The van der Waals surface area contributed by atoms with Crippen molar-refractivity contribution in [2.45, 2.75) is 71.5 Å². The average Bonchev–Trinajstić information content (AvgIpc) is 3.04. The van der Waals surface area contributed by atoms with Crippen LogP contribution in [0, 0.1) is 25.7 Å². The van der Waals surface area contributed by atoms with Crippen molar-refractivity contribution in [3.63, 3.8) is 0 Å². The Labute approximate surface area is 173 Å². The minimum atomic E-state index is -0.904. The van der Waals surface area contributed by atoms with E-state index in [1.165, 1.54) is 48.3 Å². The fraction of sp³-hybridized carbons (Fsp3) is 0.583. The summed E-state index contributed by atoms with van der Waals surface area (Å²) in [6, 6.07) is 13.6. The fourth-order valence-corrected chi connectivity index (χ4v) is 5.30. The van der Waals surface area contributed by atoms with Crippen molar-refractivity contribution >= 4 is 11.0 Å². The molecular formula is C24H36N2OS. The third-order valence-electron chi connectivity index (χ3n) is 6.45. The van der Waals surface area contributed by atoms with Crippen LogP contribution in [0.1, 0.15) is 69.3 Å². The van der Waals surface area contributed by atoms with Gasteiger partial charge in [0.1, 0.15) is 0 Å². The number of hydrogen-bond acceptors (Lipinski definition) is 1. The molecule has 1 aliphatic rings. The molecule has 154 valence electrons. The van der Waals surface area contributed by atoms with E-state index in [-0.39, 0.29) is 5.25 Å². The van der Waals surface area contributed by atoms with Crippen molar-refractivity contribution in [1.29, 1.82) is 0 Å². The zero-order chi connectivity index (χ0) is 20.3. The molecule has 1 aliphatic carbocycles. The highest BCUT2D eigenvalue weighted by Crippen LogP contribution is 2.38. The molecule has 0 amide bonds. The van der Waals surface area contributed by atoms with Crippen LogP contribution in [0.5, 0.6) is 0 Å². The second kappa shape index (κ2) is 9.41. The van der Waals surface area contributed by atoms with Crippen molar-refractivity contribution < 1.29 is 4.21 Å². The zero-order valence-corrected chi connectivity index (χ0v) is 18.9. The molecule has 4 heteroatoms. The number of nitrogens with one attached hydrogen (secondary N) is 1. The maximum Gasteiger partial charge on any atom is 0.0941 e. The summed E-state index contributed by atoms with van der Waals surface area (Å²) in [5, 5.41) is 0.185. The first-order valence-corrected chi connectivity index (χ1v) is 12.0. The molecule has 2 aromatic rings. The standard InChI is InChI=1S/C24H36N2OS/c1-17(2)28(27)25-16-18(3)21-8-10-22(11-9-21)23-12-14-24(15-13-23)26-19(4)6-7-20(26)5/h6-7,12-15,17-18,21-22,25H,8-11,16H2,1-5H3. The van der Waals surface area contributed by atoms with Gasteiger partial charge in [-0.3, -0.25) is 0 Å². The second-order valence-electron chi connectivity index (χ2n) is 8.83. The maximum absolute atomic E-state index is 11.9. The van der Waals surface area contributed by atoms with Crippen molar-refractivity contribution in [2.75, 3.05) is 6.54 Å². The van der Waals surface area contributed by atoms with Crippen LogP contribution in [0.4, 0.5) is 0 Å². The molecular weight excluding hydrogens is 364 g/mol. The molecule has 3 nitrogen and oxygen atoms in total. The zero-order valence-electron chi connectivity index (χ0n) is 18.1. The summed E-state index contributed by atoms with van der Waals surface area (Å²) in [6.45, 7) is 11.5. The maximum atomic E-state index is 11.9. The summed E-state index contributed by atoms with van der Waals surface area (Å²) >= 11 is 0. The lowest BCUT2D eigenvalue weighted by molar-refractivity contribution is 0.246. The summed E-state index contributed by atoms with van der Waals surface area (Å²) in [5.41, 5.74) is 5.31. The molecule has 1 fully saturated rings. The van der Waals surface area contributed by atoms with E-state index in [9.17, 15) is 4.21 Å². The lowest BCUT2D eigenvalue weighted by Crippen LogP contribution is -2.32. The smallest absolute Gasteiger partial charge is 0.0941 e. The quantitative estimate of drug-likeness (QED) is 0.639. The van der Waals surface area contributed by atoms with E-state index in [2.05, 4.69) is 66.5 Å². The van der Waals surface area contributed by atoms with Crippen LogP contribution < -0.4 is 4.72 Å². The molecule has 0 aliphatic heterocycles. The number of nitrogens with zero attached hydrogens (tertiary/aromatic N) is 1. The van der Waals surface area contributed by atoms with Gasteiger partial charge < -0.3 is 4.57 Å². The van der Waals surface area contributed by atoms with Gasteiger partial charge in [0, 0.05) is 28.9 Å². The van der Waals surface area contributed by atoms with E-state index in [4.69, 9.17) is 0 Å². The van der Waals surface area contributed by atoms with Crippen LogP contribution in [-0.2, 0) is 11.0 Å². The molecule has 1 saturated carbocycles. The Morgan fingerprint density at radius 3 is 2.07 bits per heavy atom. The normalized spacial score (nSPS) is 22.4. The number of benzene rings is 1. The first-order valence-electron chi connectivity index (χ1n) is 10.8. The summed E-state index contributed by atoms with van der Waals surface area (Å²) in [5.74, 6) is 2.02. The molecule has 3 rings (SSSR count). The Bertz CT molecular complexity index is 766. The number of aryl methyl sites for hydroxylation is 2. The van der Waals surface area contributed by atoms with Gasteiger partial charge in [-0.15, -0.1) is 0 Å². The summed E-state index contributed by atoms with van der Waals surface area (Å²) in [7, 11) is -0.904. The van der Waals surface area contributed by atoms with Crippen LogP contribution in [-0.4, -0.2) is 20.6 Å². The lowest BCUT2D eigenvalue weighted by Gasteiger charge is -2.32. The third-order valence-corrected chi connectivity index (χ3v) is 7.75. The van der Waals surface area contributed by atoms with Crippen molar-refractivity contribution in [1.82, 2.24) is 9.29 Å². The van der Waals surface area contributed by atoms with Crippen LogP contribution >= 0.6 is 0 Å². The van der Waals surface area contributed by atoms with E-state index in [0.717, 1.165) is 12.5 Å². The summed E-state index contributed by atoms with van der Waals surface area (Å²) in [6.07, 6.45) is 5.09. The molecule has 28 heavy (non-hydrogen) atoms. The van der Waals surface area contributed by atoms with E-state index in [1.54, 1.807) is 0 Å². The van der Waals surface area contributed by atoms with Gasteiger partial charge in [-0.05, 0) is 101 Å². The molecule has 0 radical (unpaired) electrons. The van der Waals surface area contributed by atoms with Gasteiger partial charge in [0.25, 0.3) is 0 Å². The predicted octanol–water partition coefficient (Wildman–Crippen LogP) is 5.67. The first-order chi connectivity index (χ1) is 13.4. The van der Waals surface area contributed by atoms with Gasteiger partial charge in [-0.2, -0.15) is 0 Å². The molecule has 0 bridgehead atoms. The number of hydrogen-bond donors (Lipinski definition) is 1. The fourth-order valence-electron chi connectivity index (χ4n) is 4.54. The Morgan fingerprint density at radius 2 is 1.54 bits per heavy atom. The van der Waals surface area contributed by atoms with Gasteiger partial charge in [0.15, 0.2) is 0 Å². The molecule has 0 spiro atoms. The first kappa shape index (κ1) is 21.3. The van der Waals surface area contributed by atoms with Crippen molar-refractivity contribution in [3.8, 4) is 5.69 Å².